The Morgan fingerprint density at radius 2 is 1.81 bits per heavy atom. The lowest BCUT2D eigenvalue weighted by Gasteiger charge is -2.12. The number of hydrogen-bond donors (Lipinski definition) is 3. The van der Waals surface area contributed by atoms with E-state index in [1.165, 1.54) is 0 Å². The third-order valence-corrected chi connectivity index (χ3v) is 4.14. The monoisotopic (exact) mass is 530 g/mol. The molecular weight excluding hydrogens is 502 g/mol. The summed E-state index contributed by atoms with van der Waals surface area (Å²) >= 11 is 11.8. The van der Waals surface area contributed by atoms with E-state index in [0.717, 1.165) is 45.1 Å². The number of benzene rings is 1. The maximum atomic E-state index is 12.1. The average Bonchev–Trinajstić information content (AvgIpc) is 2.63. The summed E-state index contributed by atoms with van der Waals surface area (Å²) in [6.45, 7) is 8.08. The molecule has 0 aromatic heterocycles. The first-order chi connectivity index (χ1) is 12.6. The van der Waals surface area contributed by atoms with Crippen molar-refractivity contribution in [3.05, 3.63) is 33.8 Å². The van der Waals surface area contributed by atoms with Crippen molar-refractivity contribution in [1.82, 2.24) is 16.0 Å². The number of unbranched alkanes of at least 4 members (excludes halogenated alkanes) is 1. The molecule has 154 valence electrons. The number of ether oxygens (including phenoxy) is 1. The summed E-state index contributed by atoms with van der Waals surface area (Å²) in [5.74, 6) is 0.552. The second kappa shape index (κ2) is 16.2. The number of nitrogens with zero attached hydrogens (tertiary/aromatic N) is 1. The second-order valence-corrected chi connectivity index (χ2v) is 6.29. The predicted octanol–water partition coefficient (Wildman–Crippen LogP) is 3.71. The molecule has 0 aliphatic carbocycles. The molecule has 0 heterocycles. The summed E-state index contributed by atoms with van der Waals surface area (Å²) in [5.41, 5.74) is 0.481. The van der Waals surface area contributed by atoms with Gasteiger partial charge in [0.25, 0.3) is 5.91 Å². The fourth-order valence-corrected chi connectivity index (χ4v) is 2.39. The highest BCUT2D eigenvalue weighted by Crippen LogP contribution is 2.22. The van der Waals surface area contributed by atoms with Crippen molar-refractivity contribution in [1.29, 1.82) is 0 Å². The van der Waals surface area contributed by atoms with Crippen LogP contribution in [0.25, 0.3) is 0 Å². The van der Waals surface area contributed by atoms with Crippen LogP contribution < -0.4 is 16.0 Å². The summed E-state index contributed by atoms with van der Waals surface area (Å²) in [5, 5.41) is 10.0. The molecule has 3 N–H and O–H groups in total. The van der Waals surface area contributed by atoms with Crippen LogP contribution in [0.5, 0.6) is 0 Å². The van der Waals surface area contributed by atoms with Crippen molar-refractivity contribution in [2.45, 2.75) is 26.7 Å². The van der Waals surface area contributed by atoms with E-state index in [9.17, 15) is 4.79 Å². The fraction of sp³-hybridized carbons (Fsp3) is 0.556. The molecule has 9 heteroatoms. The van der Waals surface area contributed by atoms with Crippen molar-refractivity contribution in [3.8, 4) is 0 Å². The Balaban J connectivity index is 0.00000676. The number of amides is 1. The number of hydrogen-bond acceptors (Lipinski definition) is 3. The van der Waals surface area contributed by atoms with Crippen LogP contribution in [0.1, 0.15) is 37.0 Å². The van der Waals surface area contributed by atoms with Gasteiger partial charge in [0, 0.05) is 45.0 Å². The van der Waals surface area contributed by atoms with Crippen molar-refractivity contribution in [2.75, 3.05) is 39.4 Å². The zero-order chi connectivity index (χ0) is 19.2. The lowest BCUT2D eigenvalue weighted by molar-refractivity contribution is 0.0954. The van der Waals surface area contributed by atoms with Crippen LogP contribution in [-0.4, -0.2) is 51.3 Å². The molecule has 0 atom stereocenters. The van der Waals surface area contributed by atoms with Gasteiger partial charge in [0.15, 0.2) is 5.96 Å². The fourth-order valence-electron chi connectivity index (χ4n) is 2.09. The van der Waals surface area contributed by atoms with E-state index < -0.39 is 0 Å². The summed E-state index contributed by atoms with van der Waals surface area (Å²) < 4.78 is 5.30. The number of halogens is 3. The van der Waals surface area contributed by atoms with Gasteiger partial charge in [0.2, 0.25) is 0 Å². The number of carbonyl (C=O) groups excluding carboxylic acids is 1. The van der Waals surface area contributed by atoms with Gasteiger partial charge in [-0.25, -0.2) is 0 Å². The molecule has 0 bridgehead atoms. The minimum atomic E-state index is -0.191. The van der Waals surface area contributed by atoms with Gasteiger partial charge < -0.3 is 20.7 Å². The van der Waals surface area contributed by atoms with Gasteiger partial charge in [0.1, 0.15) is 0 Å². The third kappa shape index (κ3) is 11.6. The molecule has 0 radical (unpaired) electrons. The van der Waals surface area contributed by atoms with Gasteiger partial charge in [-0.2, -0.15) is 0 Å². The lowest BCUT2D eigenvalue weighted by Crippen LogP contribution is -2.41. The summed E-state index contributed by atoms with van der Waals surface area (Å²) in [6, 6.07) is 4.81. The van der Waals surface area contributed by atoms with Crippen molar-refractivity contribution < 1.29 is 9.53 Å². The molecule has 0 aliphatic rings. The van der Waals surface area contributed by atoms with Gasteiger partial charge in [-0.1, -0.05) is 23.2 Å². The van der Waals surface area contributed by atoms with E-state index in [4.69, 9.17) is 27.9 Å². The molecule has 6 nitrogen and oxygen atoms in total. The number of nitrogens with one attached hydrogen (secondary N) is 3. The third-order valence-electron chi connectivity index (χ3n) is 3.40. The smallest absolute Gasteiger partial charge is 0.251 e. The topological polar surface area (TPSA) is 74.8 Å². The SMILES string of the molecule is CCNC(=NCCCCOCC)NCCNC(=O)c1ccc(Cl)c(Cl)c1.I. The molecule has 27 heavy (non-hydrogen) atoms. The molecule has 0 aliphatic heterocycles. The highest BCUT2D eigenvalue weighted by atomic mass is 127. The Kier molecular flexibility index (Phi) is 15.7. The van der Waals surface area contributed by atoms with Crippen molar-refractivity contribution in [3.63, 3.8) is 0 Å². The molecule has 0 fully saturated rings. The number of aliphatic imine (C=N–C) groups is 1. The normalized spacial score (nSPS) is 10.9. The molecule has 0 spiro atoms. The van der Waals surface area contributed by atoms with Gasteiger partial charge in [-0.3, -0.25) is 9.79 Å². The maximum Gasteiger partial charge on any atom is 0.251 e. The van der Waals surface area contributed by atoms with Crippen LogP contribution in [0, 0.1) is 0 Å². The van der Waals surface area contributed by atoms with Crippen LogP contribution >= 0.6 is 47.2 Å². The Labute approximate surface area is 188 Å². The van der Waals surface area contributed by atoms with E-state index >= 15 is 0 Å². The van der Waals surface area contributed by atoms with E-state index in [2.05, 4.69) is 20.9 Å². The first kappa shape index (κ1) is 26.2. The van der Waals surface area contributed by atoms with Crippen LogP contribution in [-0.2, 0) is 4.74 Å². The highest BCUT2D eigenvalue weighted by Gasteiger charge is 2.07. The van der Waals surface area contributed by atoms with Crippen LogP contribution in [0.3, 0.4) is 0 Å². The quantitative estimate of drug-likeness (QED) is 0.176. The van der Waals surface area contributed by atoms with E-state index in [1.807, 2.05) is 13.8 Å². The lowest BCUT2D eigenvalue weighted by atomic mass is 10.2. The molecule has 1 amide bonds. The Morgan fingerprint density at radius 1 is 1.07 bits per heavy atom. The zero-order valence-corrected chi connectivity index (χ0v) is 19.7. The summed E-state index contributed by atoms with van der Waals surface area (Å²) in [4.78, 5) is 16.6. The predicted molar refractivity (Wildman–Crippen MR) is 124 cm³/mol. The first-order valence-electron chi connectivity index (χ1n) is 8.91. The second-order valence-electron chi connectivity index (χ2n) is 5.48. The summed E-state index contributed by atoms with van der Waals surface area (Å²) in [7, 11) is 0. The molecule has 0 saturated heterocycles. The maximum absolute atomic E-state index is 12.1. The number of guanidine groups is 1. The largest absolute Gasteiger partial charge is 0.382 e. The molecule has 1 rings (SSSR count). The van der Waals surface area contributed by atoms with E-state index in [-0.39, 0.29) is 29.9 Å². The molecule has 0 unspecified atom stereocenters. The van der Waals surface area contributed by atoms with E-state index in [1.54, 1.807) is 18.2 Å². The van der Waals surface area contributed by atoms with Crippen LogP contribution in [0.2, 0.25) is 10.0 Å². The van der Waals surface area contributed by atoms with Crippen molar-refractivity contribution in [2.24, 2.45) is 4.99 Å². The van der Waals surface area contributed by atoms with Crippen molar-refractivity contribution >= 4 is 59.0 Å². The minimum absolute atomic E-state index is 0. The van der Waals surface area contributed by atoms with Gasteiger partial charge >= 0.3 is 0 Å². The zero-order valence-electron chi connectivity index (χ0n) is 15.8. The Bertz CT molecular complexity index is 588. The minimum Gasteiger partial charge on any atom is -0.382 e. The molecular formula is C18H29Cl2IN4O2. The molecule has 1 aromatic carbocycles. The van der Waals surface area contributed by atoms with E-state index in [0.29, 0.717) is 28.7 Å². The van der Waals surface area contributed by atoms with Crippen LogP contribution in [0.15, 0.2) is 23.2 Å². The Morgan fingerprint density at radius 3 is 2.48 bits per heavy atom. The Hall–Kier alpha value is -0.770. The van der Waals surface area contributed by atoms with Crippen LogP contribution in [0.4, 0.5) is 0 Å². The standard InChI is InChI=1S/C18H28Cl2N4O2.HI/c1-3-21-18(23-9-5-6-12-26-4-2)24-11-10-22-17(25)14-7-8-15(19)16(20)13-14;/h7-8,13H,3-6,9-12H2,1-2H3,(H,22,25)(H2,21,23,24);1H. The number of rotatable bonds is 11. The first-order valence-corrected chi connectivity index (χ1v) is 9.67. The average molecular weight is 531 g/mol. The highest BCUT2D eigenvalue weighted by molar-refractivity contribution is 14.0. The molecule has 1 aromatic rings. The number of carbonyl (C=O) groups is 1. The molecule has 0 saturated carbocycles. The summed E-state index contributed by atoms with van der Waals surface area (Å²) in [6.07, 6.45) is 1.97. The van der Waals surface area contributed by atoms with Gasteiger partial charge in [-0.15, -0.1) is 24.0 Å². The van der Waals surface area contributed by atoms with Gasteiger partial charge in [-0.05, 0) is 44.9 Å². The van der Waals surface area contributed by atoms with Gasteiger partial charge in [0.05, 0.1) is 10.0 Å².